The molecule has 3 heterocycles. The molecule has 2 aromatic heterocycles. The van der Waals surface area contributed by atoms with Crippen LogP contribution in [-0.2, 0) is 17.6 Å². The number of rotatable bonds is 4. The van der Waals surface area contributed by atoms with Gasteiger partial charge in [0.15, 0.2) is 0 Å². The number of hydrogen-bond donors (Lipinski definition) is 2. The Morgan fingerprint density at radius 3 is 2.34 bits per heavy atom. The predicted molar refractivity (Wildman–Crippen MR) is 162 cm³/mol. The summed E-state index contributed by atoms with van der Waals surface area (Å²) in [6, 6.07) is 14.4. The molecule has 5 aromatic rings. The fourth-order valence-electron chi connectivity index (χ4n) is 5.55. The second-order valence-electron chi connectivity index (χ2n) is 11.5. The Morgan fingerprint density at radius 1 is 0.951 bits per heavy atom. The van der Waals surface area contributed by atoms with Crippen molar-refractivity contribution in [1.29, 1.82) is 0 Å². The molecule has 0 saturated heterocycles. The van der Waals surface area contributed by atoms with Crippen LogP contribution in [0.15, 0.2) is 55.0 Å². The summed E-state index contributed by atoms with van der Waals surface area (Å²) < 4.78 is 5.93. The van der Waals surface area contributed by atoms with Crippen molar-refractivity contribution in [2.24, 2.45) is 0 Å². The van der Waals surface area contributed by atoms with E-state index in [9.17, 15) is 9.90 Å². The van der Waals surface area contributed by atoms with Gasteiger partial charge in [-0.2, -0.15) is 0 Å². The van der Waals surface area contributed by atoms with E-state index in [2.05, 4.69) is 34.2 Å². The smallest absolute Gasteiger partial charge is 0.307 e. The molecule has 1 aliphatic rings. The molecule has 3 aromatic carbocycles. The van der Waals surface area contributed by atoms with Gasteiger partial charge in [0, 0.05) is 40.5 Å². The lowest BCUT2D eigenvalue weighted by molar-refractivity contribution is -0.136. The van der Waals surface area contributed by atoms with E-state index in [4.69, 9.17) is 14.8 Å². The van der Waals surface area contributed by atoms with Crippen LogP contribution in [0, 0.1) is 20.8 Å². The van der Waals surface area contributed by atoms with E-state index < -0.39 is 11.6 Å². The van der Waals surface area contributed by atoms with Crippen LogP contribution in [0.1, 0.15) is 48.8 Å². The number of nitrogens with zero attached hydrogens (tertiary/aromatic N) is 3. The SMILES string of the molecule is CC(C)(C)O.Cc1cc2cc(-c3c(C)ncnc3C)ccc2c(-c2ccc3c4c(ccnc24)CCO3)c1CC(=O)O. The van der Waals surface area contributed by atoms with E-state index in [0.717, 1.165) is 78.6 Å². The van der Waals surface area contributed by atoms with E-state index >= 15 is 0 Å². The summed E-state index contributed by atoms with van der Waals surface area (Å²) in [5.41, 5.74) is 9.04. The maximum Gasteiger partial charge on any atom is 0.307 e. The van der Waals surface area contributed by atoms with Crippen LogP contribution in [0.2, 0.25) is 0 Å². The zero-order valence-electron chi connectivity index (χ0n) is 24.4. The first-order valence-corrected chi connectivity index (χ1v) is 13.7. The van der Waals surface area contributed by atoms with Gasteiger partial charge in [-0.3, -0.25) is 9.78 Å². The van der Waals surface area contributed by atoms with E-state index in [1.165, 1.54) is 5.56 Å². The third-order valence-electron chi connectivity index (χ3n) is 7.15. The Labute approximate surface area is 239 Å². The number of pyridine rings is 1. The number of carboxylic acid groups (broad SMARTS) is 1. The van der Waals surface area contributed by atoms with Crippen LogP contribution in [0.25, 0.3) is 43.9 Å². The first-order chi connectivity index (χ1) is 19.4. The third kappa shape index (κ3) is 5.77. The molecule has 7 heteroatoms. The molecule has 0 aliphatic carbocycles. The van der Waals surface area contributed by atoms with Gasteiger partial charge in [-0.1, -0.05) is 18.2 Å². The van der Waals surface area contributed by atoms with Gasteiger partial charge in [-0.05, 0) is 104 Å². The van der Waals surface area contributed by atoms with Crippen molar-refractivity contribution in [2.75, 3.05) is 6.61 Å². The molecule has 0 bridgehead atoms. The van der Waals surface area contributed by atoms with Gasteiger partial charge in [-0.15, -0.1) is 0 Å². The van der Waals surface area contributed by atoms with Gasteiger partial charge in [0.05, 0.1) is 24.1 Å². The molecule has 0 unspecified atom stereocenters. The highest BCUT2D eigenvalue weighted by Gasteiger charge is 2.22. The van der Waals surface area contributed by atoms with Gasteiger partial charge in [-0.25, -0.2) is 9.97 Å². The van der Waals surface area contributed by atoms with Gasteiger partial charge in [0.1, 0.15) is 12.1 Å². The van der Waals surface area contributed by atoms with Gasteiger partial charge >= 0.3 is 5.97 Å². The minimum absolute atomic E-state index is 0.0664. The largest absolute Gasteiger partial charge is 0.493 e. The molecule has 210 valence electrons. The summed E-state index contributed by atoms with van der Waals surface area (Å²) in [6.07, 6.45) is 4.19. The second-order valence-corrected chi connectivity index (χ2v) is 11.5. The number of aliphatic hydroxyl groups is 1. The van der Waals surface area contributed by atoms with Gasteiger partial charge in [0.25, 0.3) is 0 Å². The lowest BCUT2D eigenvalue weighted by Crippen LogP contribution is -2.10. The standard InChI is InChI=1S/C30H25N3O3.C4H10O/c1-16-12-21-13-20(27-17(2)32-15-33-18(27)3)4-5-22(21)29(24(16)14-26(34)35)23-6-7-25-28-19(9-11-36-25)8-10-31-30(23)28;1-4(2,3)5/h4-8,10,12-13,15H,9,11,14H2,1-3H3,(H,34,35);5H,1-3H3. The molecule has 0 amide bonds. The van der Waals surface area contributed by atoms with Crippen LogP contribution in [0.4, 0.5) is 0 Å². The molecular formula is C34H35N3O4. The van der Waals surface area contributed by atoms with Crippen molar-refractivity contribution >= 4 is 27.6 Å². The molecule has 7 nitrogen and oxygen atoms in total. The monoisotopic (exact) mass is 549 g/mol. The summed E-state index contributed by atoms with van der Waals surface area (Å²) in [7, 11) is 0. The number of aliphatic carboxylic acids is 1. The maximum atomic E-state index is 11.9. The van der Waals surface area contributed by atoms with Crippen LogP contribution in [0.5, 0.6) is 5.75 Å². The molecular weight excluding hydrogens is 514 g/mol. The molecule has 1 aliphatic heterocycles. The van der Waals surface area contributed by atoms with Crippen LogP contribution < -0.4 is 4.74 Å². The minimum Gasteiger partial charge on any atom is -0.493 e. The summed E-state index contributed by atoms with van der Waals surface area (Å²) in [5, 5.41) is 21.4. The zero-order valence-corrected chi connectivity index (χ0v) is 24.4. The summed E-state index contributed by atoms with van der Waals surface area (Å²) in [4.78, 5) is 25.5. The number of benzene rings is 3. The molecule has 6 rings (SSSR count). The highest BCUT2D eigenvalue weighted by molar-refractivity contribution is 6.09. The van der Waals surface area contributed by atoms with Crippen molar-refractivity contribution in [1.82, 2.24) is 15.0 Å². The van der Waals surface area contributed by atoms with Crippen LogP contribution in [-0.4, -0.2) is 43.3 Å². The molecule has 41 heavy (non-hydrogen) atoms. The topological polar surface area (TPSA) is 105 Å². The Kier molecular flexibility index (Phi) is 7.49. The summed E-state index contributed by atoms with van der Waals surface area (Å²) in [5.74, 6) is -0.0285. The molecule has 2 N–H and O–H groups in total. The van der Waals surface area contributed by atoms with E-state index in [1.54, 1.807) is 27.1 Å². The number of fused-ring (bicyclic) bond motifs is 1. The Morgan fingerprint density at radius 2 is 1.66 bits per heavy atom. The lowest BCUT2D eigenvalue weighted by Gasteiger charge is -2.22. The van der Waals surface area contributed by atoms with Crippen LogP contribution in [0.3, 0.4) is 0 Å². The Hall–Kier alpha value is -4.36. The average Bonchev–Trinajstić information content (AvgIpc) is 2.89. The summed E-state index contributed by atoms with van der Waals surface area (Å²) in [6.45, 7) is 11.8. The van der Waals surface area contributed by atoms with Crippen LogP contribution >= 0.6 is 0 Å². The first kappa shape index (κ1) is 28.2. The van der Waals surface area contributed by atoms with Crippen molar-refractivity contribution in [3.8, 4) is 28.0 Å². The van der Waals surface area contributed by atoms with E-state index in [0.29, 0.717) is 6.61 Å². The average molecular weight is 550 g/mol. The number of carbonyl (C=O) groups is 1. The molecule has 0 radical (unpaired) electrons. The van der Waals surface area contributed by atoms with Crippen molar-refractivity contribution < 1.29 is 19.7 Å². The van der Waals surface area contributed by atoms with E-state index in [1.807, 2.05) is 45.2 Å². The lowest BCUT2D eigenvalue weighted by atomic mass is 9.86. The highest BCUT2D eigenvalue weighted by atomic mass is 16.5. The zero-order chi connectivity index (χ0) is 29.5. The number of hydrogen-bond acceptors (Lipinski definition) is 6. The van der Waals surface area contributed by atoms with Crippen molar-refractivity contribution in [2.45, 2.75) is 60.0 Å². The number of aryl methyl sites for hydroxylation is 3. The fourth-order valence-corrected chi connectivity index (χ4v) is 5.55. The normalized spacial score (nSPS) is 12.6. The van der Waals surface area contributed by atoms with Crippen molar-refractivity contribution in [3.05, 3.63) is 83.1 Å². The predicted octanol–water partition coefficient (Wildman–Crippen LogP) is 6.78. The van der Waals surface area contributed by atoms with Crippen molar-refractivity contribution in [3.63, 3.8) is 0 Å². The summed E-state index contributed by atoms with van der Waals surface area (Å²) >= 11 is 0. The van der Waals surface area contributed by atoms with E-state index in [-0.39, 0.29) is 6.42 Å². The van der Waals surface area contributed by atoms with Gasteiger partial charge < -0.3 is 14.9 Å². The Bertz CT molecular complexity index is 1770. The number of ether oxygens (including phenoxy) is 1. The quantitative estimate of drug-likeness (QED) is 0.255. The Balaban J connectivity index is 0.000000623. The number of carboxylic acids is 1. The second kappa shape index (κ2) is 10.9. The maximum absolute atomic E-state index is 11.9. The van der Waals surface area contributed by atoms with Gasteiger partial charge in [0.2, 0.25) is 0 Å². The fraction of sp³-hybridized carbons (Fsp3) is 0.294. The molecule has 0 atom stereocenters. The molecule has 0 saturated carbocycles. The first-order valence-electron chi connectivity index (χ1n) is 13.7. The molecule has 0 fully saturated rings. The third-order valence-corrected chi connectivity index (χ3v) is 7.15. The minimum atomic E-state index is -0.859. The highest BCUT2D eigenvalue weighted by Crippen LogP contribution is 2.43. The molecule has 0 spiro atoms. The number of aromatic nitrogens is 3.